The summed E-state index contributed by atoms with van der Waals surface area (Å²) in [7, 11) is 0. The van der Waals surface area contributed by atoms with E-state index in [4.69, 9.17) is 11.6 Å². The van der Waals surface area contributed by atoms with Crippen LogP contribution >= 0.6 is 11.6 Å². The topological polar surface area (TPSA) is 38.0 Å². The van der Waals surface area contributed by atoms with Crippen LogP contribution in [0.15, 0.2) is 43.0 Å². The number of nitrogens with zero attached hydrogens (tertiary/aromatic N) is 2. The van der Waals surface area contributed by atoms with E-state index in [0.29, 0.717) is 6.42 Å². The molecule has 4 heteroatoms. The minimum Gasteiger partial charge on any atom is -0.390 e. The number of aryl methyl sites for hydroxylation is 1. The highest BCUT2D eigenvalue weighted by atomic mass is 35.5. The lowest BCUT2D eigenvalue weighted by Gasteiger charge is -2.28. The summed E-state index contributed by atoms with van der Waals surface area (Å²) in [5.74, 6) is 0. The first-order valence-corrected chi connectivity index (χ1v) is 7.92. The first kappa shape index (κ1) is 16.1. The SMILES string of the molecule is CCCC(O)(CCCn1ccnc1)Cc1ccc(Cl)cc1. The Bertz CT molecular complexity index is 524. The maximum atomic E-state index is 10.9. The van der Waals surface area contributed by atoms with Gasteiger partial charge in [0.15, 0.2) is 0 Å². The van der Waals surface area contributed by atoms with Gasteiger partial charge < -0.3 is 9.67 Å². The Labute approximate surface area is 131 Å². The van der Waals surface area contributed by atoms with E-state index < -0.39 is 5.60 Å². The van der Waals surface area contributed by atoms with Crippen LogP contribution in [0.5, 0.6) is 0 Å². The van der Waals surface area contributed by atoms with Gasteiger partial charge >= 0.3 is 0 Å². The van der Waals surface area contributed by atoms with Gasteiger partial charge in [-0.1, -0.05) is 37.1 Å². The molecule has 114 valence electrons. The molecule has 1 heterocycles. The summed E-state index contributed by atoms with van der Waals surface area (Å²) in [5, 5.41) is 11.6. The molecular weight excluding hydrogens is 284 g/mol. The zero-order valence-electron chi connectivity index (χ0n) is 12.5. The molecule has 1 aromatic heterocycles. The summed E-state index contributed by atoms with van der Waals surface area (Å²) in [5.41, 5.74) is 0.501. The number of imidazole rings is 1. The van der Waals surface area contributed by atoms with Gasteiger partial charge in [-0.05, 0) is 37.0 Å². The number of hydrogen-bond acceptors (Lipinski definition) is 2. The van der Waals surface area contributed by atoms with Gasteiger partial charge in [0.1, 0.15) is 0 Å². The Hall–Kier alpha value is -1.32. The quantitative estimate of drug-likeness (QED) is 0.797. The van der Waals surface area contributed by atoms with Crippen molar-refractivity contribution in [3.8, 4) is 0 Å². The highest BCUT2D eigenvalue weighted by molar-refractivity contribution is 6.30. The second-order valence-corrected chi connectivity index (χ2v) is 6.12. The van der Waals surface area contributed by atoms with Crippen LogP contribution in [0.4, 0.5) is 0 Å². The molecule has 1 N–H and O–H groups in total. The molecular formula is C17H23ClN2O. The number of benzene rings is 1. The Balaban J connectivity index is 1.92. The molecule has 2 aromatic rings. The summed E-state index contributed by atoms with van der Waals surface area (Å²) in [4.78, 5) is 4.04. The normalized spacial score (nSPS) is 14.0. The van der Waals surface area contributed by atoms with Gasteiger partial charge in [-0.15, -0.1) is 0 Å². The molecule has 2 rings (SSSR count). The number of rotatable bonds is 8. The third-order valence-electron chi connectivity index (χ3n) is 3.78. The Morgan fingerprint density at radius 1 is 1.24 bits per heavy atom. The van der Waals surface area contributed by atoms with Gasteiger partial charge in [0.05, 0.1) is 11.9 Å². The monoisotopic (exact) mass is 306 g/mol. The third kappa shape index (κ3) is 5.18. The molecule has 0 aliphatic heterocycles. The number of aromatic nitrogens is 2. The molecule has 0 bridgehead atoms. The van der Waals surface area contributed by atoms with Crippen molar-refractivity contribution in [2.75, 3.05) is 0 Å². The van der Waals surface area contributed by atoms with E-state index >= 15 is 0 Å². The van der Waals surface area contributed by atoms with Crippen LogP contribution in [0.25, 0.3) is 0 Å². The first-order chi connectivity index (χ1) is 10.1. The van der Waals surface area contributed by atoms with Gasteiger partial charge in [0.2, 0.25) is 0 Å². The lowest BCUT2D eigenvalue weighted by Crippen LogP contribution is -2.31. The molecule has 0 saturated carbocycles. The molecule has 1 atom stereocenters. The fourth-order valence-corrected chi connectivity index (χ4v) is 2.89. The lowest BCUT2D eigenvalue weighted by molar-refractivity contribution is 0.0194. The summed E-state index contributed by atoms with van der Waals surface area (Å²) in [6, 6.07) is 7.77. The Morgan fingerprint density at radius 3 is 2.62 bits per heavy atom. The molecule has 3 nitrogen and oxygen atoms in total. The summed E-state index contributed by atoms with van der Waals surface area (Å²) in [6.07, 6.45) is 9.78. The maximum Gasteiger partial charge on any atom is 0.0945 e. The van der Waals surface area contributed by atoms with E-state index in [9.17, 15) is 5.11 Å². The Morgan fingerprint density at radius 2 is 2.00 bits per heavy atom. The van der Waals surface area contributed by atoms with Crippen LogP contribution in [-0.2, 0) is 13.0 Å². The molecule has 0 amide bonds. The summed E-state index contributed by atoms with van der Waals surface area (Å²) >= 11 is 5.91. The lowest BCUT2D eigenvalue weighted by atomic mass is 9.86. The zero-order valence-corrected chi connectivity index (χ0v) is 13.3. The van der Waals surface area contributed by atoms with Crippen molar-refractivity contribution >= 4 is 11.6 Å². The van der Waals surface area contributed by atoms with E-state index in [1.165, 1.54) is 0 Å². The average molecular weight is 307 g/mol. The van der Waals surface area contributed by atoms with Crippen LogP contribution < -0.4 is 0 Å². The minimum absolute atomic E-state index is 0.636. The van der Waals surface area contributed by atoms with Gasteiger partial charge in [-0.2, -0.15) is 0 Å². The van der Waals surface area contributed by atoms with Crippen LogP contribution in [0.3, 0.4) is 0 Å². The zero-order chi connectivity index (χ0) is 15.1. The first-order valence-electron chi connectivity index (χ1n) is 7.54. The fourth-order valence-electron chi connectivity index (χ4n) is 2.76. The van der Waals surface area contributed by atoms with Crippen molar-refractivity contribution in [3.63, 3.8) is 0 Å². The third-order valence-corrected chi connectivity index (χ3v) is 4.03. The standard InChI is InChI=1S/C17H23ClN2O/c1-2-8-17(21,9-3-11-20-12-10-19-14-20)13-15-4-6-16(18)7-5-15/h4-7,10,12,14,21H,2-3,8-9,11,13H2,1H3. The van der Waals surface area contributed by atoms with Crippen molar-refractivity contribution in [2.24, 2.45) is 0 Å². The van der Waals surface area contributed by atoms with Crippen LogP contribution in [0, 0.1) is 0 Å². The second-order valence-electron chi connectivity index (χ2n) is 5.68. The van der Waals surface area contributed by atoms with Crippen LogP contribution in [0.1, 0.15) is 38.2 Å². The maximum absolute atomic E-state index is 10.9. The molecule has 0 radical (unpaired) electrons. The number of aliphatic hydroxyl groups is 1. The number of halogens is 1. The van der Waals surface area contributed by atoms with E-state index in [2.05, 4.69) is 16.5 Å². The second kappa shape index (κ2) is 7.62. The van der Waals surface area contributed by atoms with E-state index in [0.717, 1.165) is 42.8 Å². The van der Waals surface area contributed by atoms with Crippen molar-refractivity contribution in [2.45, 2.75) is 51.2 Å². The summed E-state index contributed by atoms with van der Waals surface area (Å²) in [6.45, 7) is 3.01. The van der Waals surface area contributed by atoms with Crippen LogP contribution in [0.2, 0.25) is 5.02 Å². The molecule has 0 fully saturated rings. The van der Waals surface area contributed by atoms with Crippen molar-refractivity contribution in [1.82, 2.24) is 9.55 Å². The van der Waals surface area contributed by atoms with Gasteiger partial charge in [0, 0.05) is 30.4 Å². The summed E-state index contributed by atoms with van der Waals surface area (Å²) < 4.78 is 2.05. The van der Waals surface area contributed by atoms with E-state index in [1.807, 2.05) is 36.8 Å². The molecule has 0 aliphatic carbocycles. The Kier molecular flexibility index (Phi) is 5.83. The van der Waals surface area contributed by atoms with E-state index in [-0.39, 0.29) is 0 Å². The van der Waals surface area contributed by atoms with Gasteiger partial charge in [-0.25, -0.2) is 4.98 Å². The van der Waals surface area contributed by atoms with Crippen molar-refractivity contribution in [1.29, 1.82) is 0 Å². The fraction of sp³-hybridized carbons (Fsp3) is 0.471. The van der Waals surface area contributed by atoms with E-state index in [1.54, 1.807) is 6.20 Å². The van der Waals surface area contributed by atoms with Crippen molar-refractivity contribution in [3.05, 3.63) is 53.6 Å². The molecule has 0 aliphatic rings. The molecule has 0 spiro atoms. The largest absolute Gasteiger partial charge is 0.390 e. The number of hydrogen-bond donors (Lipinski definition) is 1. The minimum atomic E-state index is -0.636. The predicted octanol–water partition coefficient (Wildman–Crippen LogP) is 4.09. The van der Waals surface area contributed by atoms with Crippen LogP contribution in [-0.4, -0.2) is 20.3 Å². The molecule has 1 unspecified atom stereocenters. The molecule has 0 saturated heterocycles. The predicted molar refractivity (Wildman–Crippen MR) is 86.5 cm³/mol. The van der Waals surface area contributed by atoms with Gasteiger partial charge in [0.25, 0.3) is 0 Å². The van der Waals surface area contributed by atoms with Crippen molar-refractivity contribution < 1.29 is 5.11 Å². The van der Waals surface area contributed by atoms with Gasteiger partial charge in [-0.3, -0.25) is 0 Å². The highest BCUT2D eigenvalue weighted by Crippen LogP contribution is 2.25. The average Bonchev–Trinajstić information content (AvgIpc) is 2.95. The highest BCUT2D eigenvalue weighted by Gasteiger charge is 2.25. The smallest absolute Gasteiger partial charge is 0.0945 e. The molecule has 21 heavy (non-hydrogen) atoms. The molecule has 1 aromatic carbocycles.